The second-order valence-corrected chi connectivity index (χ2v) is 0.0816. The van der Waals surface area contributed by atoms with E-state index in [2.05, 4.69) is 0 Å². The van der Waals surface area contributed by atoms with Crippen LogP contribution in [0.1, 0.15) is 0 Å². The van der Waals surface area contributed by atoms with E-state index < -0.39 is 0 Å². The number of nitrogens with zero attached hydrogens (tertiary/aromatic N) is 1. The van der Waals surface area contributed by atoms with Crippen molar-refractivity contribution in [2.75, 3.05) is 0 Å². The van der Waals surface area contributed by atoms with Gasteiger partial charge in [0.15, 0.2) is 5.34 Å². The molecule has 0 aliphatic heterocycles. The molecule has 0 saturated heterocycles. The van der Waals surface area contributed by atoms with Gasteiger partial charge in [0, 0.05) is 0 Å². The Morgan fingerprint density at radius 1 is 1.60 bits per heavy atom. The van der Waals surface area contributed by atoms with Crippen molar-refractivity contribution in [3.63, 3.8) is 0 Å². The van der Waals surface area contributed by atoms with Gasteiger partial charge in [-0.2, -0.15) is 0 Å². The zero-order valence-corrected chi connectivity index (χ0v) is 1.80. The molecule has 0 atom stereocenters. The Bertz CT molecular complexity index is 14.4. The molecule has 0 fully saturated rings. The maximum atomic E-state index is 8.11. The Morgan fingerprint density at radius 2 is 1.60 bits per heavy atom. The van der Waals surface area contributed by atoms with Crippen LogP contribution in [0.3, 0.4) is 0 Å². The molecule has 3 N–H and O–H groups in total. The number of hydrogen-bond acceptors (Lipinski definition) is 2. The predicted octanol–water partition coefficient (Wildman–Crippen LogP) is -1.60. The van der Waals surface area contributed by atoms with Crippen LogP contribution < -0.4 is 0 Å². The maximum absolute atomic E-state index is 8.11. The molecule has 4 nitrogen and oxygen atoms in total. The first-order valence-corrected chi connectivity index (χ1v) is 0.383. The van der Waals surface area contributed by atoms with E-state index in [4.69, 9.17) is 10.1 Å². The quantitative estimate of drug-likeness (QED) is 0.230. The Morgan fingerprint density at radius 3 is 1.60 bits per heavy atom. The first-order chi connectivity index (χ1) is 1.41. The first-order valence-electron chi connectivity index (χ1n) is 0.383. The van der Waals surface area contributed by atoms with Crippen LogP contribution in [0.15, 0.2) is 5.34 Å². The van der Waals surface area contributed by atoms with Gasteiger partial charge in [-0.15, -0.1) is 4.91 Å². The summed E-state index contributed by atoms with van der Waals surface area (Å²) in [6.45, 7) is 0. The molecule has 0 aromatic rings. The van der Waals surface area contributed by atoms with Crippen LogP contribution in [0, 0.1) is 4.91 Å². The van der Waals surface area contributed by atoms with Gasteiger partial charge < -0.3 is 10.7 Å². The van der Waals surface area contributed by atoms with E-state index in [1.54, 1.807) is 0 Å². The van der Waals surface area contributed by atoms with Crippen LogP contribution in [-0.4, -0.2) is 48.4 Å². The third-order valence-electron chi connectivity index (χ3n) is 0. The van der Waals surface area contributed by atoms with Crippen LogP contribution in [0.5, 0.6) is 0 Å². The van der Waals surface area contributed by atoms with Gasteiger partial charge in [-0.25, -0.2) is 0 Å². The molecular weight excluding hydrogens is 102 g/mol. The zero-order chi connectivity index (χ0) is 2.71. The molecule has 30 valence electrons. The summed E-state index contributed by atoms with van der Waals surface area (Å²) in [6.07, 6.45) is 0. The fraction of sp³-hybridized carbons (Fsp3) is 0. The van der Waals surface area contributed by atoms with Crippen molar-refractivity contribution in [1.82, 2.24) is 0 Å². The summed E-state index contributed by atoms with van der Waals surface area (Å²) in [4.78, 5) is 8.11. The van der Waals surface area contributed by atoms with E-state index in [-0.39, 0.29) is 43.2 Å². The van der Waals surface area contributed by atoms with Crippen molar-refractivity contribution in [2.24, 2.45) is 5.34 Å². The fourth-order valence-electron chi connectivity index (χ4n) is 0. The predicted molar refractivity (Wildman–Crippen MR) is 19.7 cm³/mol. The zero-order valence-electron chi connectivity index (χ0n) is 1.80. The average Bonchev–Trinajstić information content (AvgIpc) is 0.918. The molecule has 0 saturated carbocycles. The van der Waals surface area contributed by atoms with E-state index >= 15 is 0 Å². The molecule has 0 aliphatic rings. The standard InChI is InChI=1S/Ca.HNO2.H2O.2H/c;2-1-3;;;/h;(H,2,3);1H2;;. The van der Waals surface area contributed by atoms with E-state index in [0.29, 0.717) is 0 Å². The molecular formula is H5CaNO3. The van der Waals surface area contributed by atoms with Gasteiger partial charge >= 0.3 is 37.7 Å². The van der Waals surface area contributed by atoms with Crippen LogP contribution in [0.25, 0.3) is 0 Å². The minimum absolute atomic E-state index is 0. The molecule has 0 unspecified atom stereocenters. The SMILES string of the molecule is O.O=NO.[CaH2]. The van der Waals surface area contributed by atoms with Gasteiger partial charge in [0.1, 0.15) is 0 Å². The summed E-state index contributed by atoms with van der Waals surface area (Å²) in [5, 5.41) is 7.89. The van der Waals surface area contributed by atoms with Crippen molar-refractivity contribution in [3.8, 4) is 0 Å². The van der Waals surface area contributed by atoms with E-state index in [1.165, 1.54) is 5.34 Å². The van der Waals surface area contributed by atoms with Crippen molar-refractivity contribution < 1.29 is 10.7 Å². The second-order valence-electron chi connectivity index (χ2n) is 0.0816. The first kappa shape index (κ1) is 17.5. The molecule has 0 radical (unpaired) electrons. The van der Waals surface area contributed by atoms with Crippen molar-refractivity contribution >= 4 is 37.7 Å². The summed E-state index contributed by atoms with van der Waals surface area (Å²) in [5.74, 6) is 0. The Kier molecular flexibility index (Phi) is 80.6. The summed E-state index contributed by atoms with van der Waals surface area (Å²) < 4.78 is 0. The monoisotopic (exact) mass is 107 g/mol. The van der Waals surface area contributed by atoms with E-state index in [9.17, 15) is 0 Å². The molecule has 0 aliphatic carbocycles. The molecule has 0 rings (SSSR count). The molecule has 0 aromatic heterocycles. The van der Waals surface area contributed by atoms with Gasteiger partial charge in [-0.1, -0.05) is 0 Å². The van der Waals surface area contributed by atoms with Gasteiger partial charge in [0.25, 0.3) is 0 Å². The van der Waals surface area contributed by atoms with Gasteiger partial charge in [0.05, 0.1) is 0 Å². The summed E-state index contributed by atoms with van der Waals surface area (Å²) in [7, 11) is 0. The number of rotatable bonds is 0. The van der Waals surface area contributed by atoms with Crippen molar-refractivity contribution in [2.45, 2.75) is 0 Å². The molecule has 0 amide bonds. The van der Waals surface area contributed by atoms with E-state index in [1.807, 2.05) is 0 Å². The number of hydrogen-bond donors (Lipinski definition) is 1. The van der Waals surface area contributed by atoms with Crippen molar-refractivity contribution in [3.05, 3.63) is 4.91 Å². The molecule has 5 heteroatoms. The molecule has 0 bridgehead atoms. The Labute approximate surface area is 58.4 Å². The van der Waals surface area contributed by atoms with Crippen molar-refractivity contribution in [1.29, 1.82) is 0 Å². The second kappa shape index (κ2) is 23.1. The van der Waals surface area contributed by atoms with Gasteiger partial charge in [-0.3, -0.25) is 0 Å². The average molecular weight is 107 g/mol. The summed E-state index contributed by atoms with van der Waals surface area (Å²) in [5.41, 5.74) is 0. The van der Waals surface area contributed by atoms with Crippen LogP contribution in [0.4, 0.5) is 0 Å². The molecule has 0 spiro atoms. The summed E-state index contributed by atoms with van der Waals surface area (Å²) >= 11 is 0. The topological polar surface area (TPSA) is 81.2 Å². The third-order valence-corrected chi connectivity index (χ3v) is 0. The Hall–Kier alpha value is 0.620. The van der Waals surface area contributed by atoms with Gasteiger partial charge in [0.2, 0.25) is 0 Å². The Balaban J connectivity index is -0.0000000200. The van der Waals surface area contributed by atoms with Crippen LogP contribution in [0.2, 0.25) is 0 Å². The molecule has 0 heterocycles. The molecule has 5 heavy (non-hydrogen) atoms. The van der Waals surface area contributed by atoms with E-state index in [0.717, 1.165) is 0 Å². The normalized spacial score (nSPS) is 2.40. The third kappa shape index (κ3) is 82.5. The summed E-state index contributed by atoms with van der Waals surface area (Å²) in [6, 6.07) is 0. The minimum atomic E-state index is 0. The van der Waals surface area contributed by atoms with Crippen LogP contribution in [-0.2, 0) is 0 Å². The van der Waals surface area contributed by atoms with Gasteiger partial charge in [-0.05, 0) is 0 Å². The fourth-order valence-corrected chi connectivity index (χ4v) is 0. The molecule has 0 aromatic carbocycles. The van der Waals surface area contributed by atoms with Crippen LogP contribution >= 0.6 is 0 Å².